The molecule has 0 atom stereocenters. The van der Waals surface area contributed by atoms with E-state index in [2.05, 4.69) is 34.6 Å². The molecule has 4 nitrogen and oxygen atoms in total. The second kappa shape index (κ2) is 7.07. The first-order valence-corrected chi connectivity index (χ1v) is 8.11. The maximum Gasteiger partial charge on any atom is 0.183 e. The second-order valence-corrected chi connectivity index (χ2v) is 5.95. The van der Waals surface area contributed by atoms with E-state index in [1.54, 1.807) is 5.38 Å². The molecule has 23 heavy (non-hydrogen) atoms. The molecule has 0 unspecified atom stereocenters. The average Bonchev–Trinajstić information content (AvgIpc) is 3.00. The molecule has 1 aromatic heterocycles. The second-order valence-electron chi connectivity index (χ2n) is 5.09. The summed E-state index contributed by atoms with van der Waals surface area (Å²) in [5, 5.41) is 16.5. The Bertz CT molecular complexity index is 732. The standard InChI is InChI=1S/C18H16N2O2S/c21-16(22)11-15-12-23-18(19-15)20-17(13-7-3-1-4-8-13)14-9-5-2-6-10-14/h1-10,12,17H,11H2,(H,19,20)(H,21,22)/p-1. The average molecular weight is 323 g/mol. The summed E-state index contributed by atoms with van der Waals surface area (Å²) in [5.41, 5.74) is 2.75. The summed E-state index contributed by atoms with van der Waals surface area (Å²) in [6.07, 6.45) is -0.167. The lowest BCUT2D eigenvalue weighted by molar-refractivity contribution is -0.304. The molecule has 3 aromatic rings. The molecule has 0 saturated heterocycles. The highest BCUT2D eigenvalue weighted by atomic mass is 32.1. The van der Waals surface area contributed by atoms with Crippen molar-refractivity contribution in [3.8, 4) is 0 Å². The van der Waals surface area contributed by atoms with E-state index in [9.17, 15) is 9.90 Å². The number of anilines is 1. The summed E-state index contributed by atoms with van der Waals surface area (Å²) >= 11 is 1.40. The van der Waals surface area contributed by atoms with Gasteiger partial charge in [-0.05, 0) is 11.1 Å². The number of hydrogen-bond acceptors (Lipinski definition) is 5. The van der Waals surface area contributed by atoms with E-state index in [0.717, 1.165) is 11.1 Å². The van der Waals surface area contributed by atoms with Crippen LogP contribution >= 0.6 is 11.3 Å². The third kappa shape index (κ3) is 3.96. The van der Waals surface area contributed by atoms with Crippen LogP contribution in [0.5, 0.6) is 0 Å². The fourth-order valence-electron chi connectivity index (χ4n) is 2.38. The number of nitrogens with zero attached hydrogens (tertiary/aromatic N) is 1. The molecule has 0 aliphatic rings. The molecule has 0 bridgehead atoms. The molecule has 0 aliphatic heterocycles. The molecule has 0 spiro atoms. The van der Waals surface area contributed by atoms with Crippen LogP contribution in [-0.2, 0) is 11.2 Å². The summed E-state index contributed by atoms with van der Waals surface area (Å²) < 4.78 is 0. The van der Waals surface area contributed by atoms with Crippen LogP contribution in [0.2, 0.25) is 0 Å². The Balaban J connectivity index is 1.87. The molecule has 0 fully saturated rings. The van der Waals surface area contributed by atoms with Gasteiger partial charge in [-0.25, -0.2) is 4.98 Å². The SMILES string of the molecule is O=C([O-])Cc1csc(NC(c2ccccc2)c2ccccc2)n1. The van der Waals surface area contributed by atoms with Crippen LogP contribution in [0.3, 0.4) is 0 Å². The molecule has 5 heteroatoms. The summed E-state index contributed by atoms with van der Waals surface area (Å²) in [4.78, 5) is 15.0. The fourth-order valence-corrected chi connectivity index (χ4v) is 3.12. The highest BCUT2D eigenvalue weighted by molar-refractivity contribution is 7.13. The molecule has 0 aliphatic carbocycles. The monoisotopic (exact) mass is 323 g/mol. The highest BCUT2D eigenvalue weighted by Crippen LogP contribution is 2.28. The van der Waals surface area contributed by atoms with Gasteiger partial charge in [0.05, 0.1) is 11.7 Å². The first-order chi connectivity index (χ1) is 11.2. The lowest BCUT2D eigenvalue weighted by Gasteiger charge is -2.19. The minimum atomic E-state index is -1.12. The zero-order chi connectivity index (χ0) is 16.1. The van der Waals surface area contributed by atoms with Crippen molar-refractivity contribution < 1.29 is 9.90 Å². The summed E-state index contributed by atoms with van der Waals surface area (Å²) in [7, 11) is 0. The number of thiazole rings is 1. The Labute approximate surface area is 138 Å². The number of carboxylic acids is 1. The molecular formula is C18H15N2O2S-. The van der Waals surface area contributed by atoms with E-state index in [1.165, 1.54) is 11.3 Å². The van der Waals surface area contributed by atoms with Gasteiger partial charge in [-0.2, -0.15) is 0 Å². The number of nitrogens with one attached hydrogen (secondary N) is 1. The minimum Gasteiger partial charge on any atom is -0.550 e. The van der Waals surface area contributed by atoms with Crippen molar-refractivity contribution in [2.45, 2.75) is 12.5 Å². The Morgan fingerprint density at radius 1 is 1.04 bits per heavy atom. The molecule has 1 N–H and O–H groups in total. The molecule has 116 valence electrons. The predicted octanol–water partition coefficient (Wildman–Crippen LogP) is 2.64. The van der Waals surface area contributed by atoms with Crippen molar-refractivity contribution in [1.82, 2.24) is 4.98 Å². The molecule has 1 heterocycles. The Morgan fingerprint density at radius 2 is 1.61 bits per heavy atom. The van der Waals surface area contributed by atoms with E-state index in [4.69, 9.17) is 0 Å². The van der Waals surface area contributed by atoms with Gasteiger partial charge < -0.3 is 15.2 Å². The Kier molecular flexibility index (Phi) is 4.68. The van der Waals surface area contributed by atoms with E-state index < -0.39 is 5.97 Å². The van der Waals surface area contributed by atoms with Gasteiger partial charge in [0.15, 0.2) is 5.13 Å². The largest absolute Gasteiger partial charge is 0.550 e. The van der Waals surface area contributed by atoms with Crippen LogP contribution in [0.15, 0.2) is 66.0 Å². The van der Waals surface area contributed by atoms with Crippen LogP contribution in [0, 0.1) is 0 Å². The molecule has 3 rings (SSSR count). The number of benzene rings is 2. The molecule has 0 amide bonds. The zero-order valence-electron chi connectivity index (χ0n) is 12.3. The number of carbonyl (C=O) groups excluding carboxylic acids is 1. The summed E-state index contributed by atoms with van der Waals surface area (Å²) in [6.45, 7) is 0. The van der Waals surface area contributed by atoms with Gasteiger partial charge in [-0.3, -0.25) is 0 Å². The number of carbonyl (C=O) groups is 1. The maximum absolute atomic E-state index is 10.7. The van der Waals surface area contributed by atoms with Crippen molar-refractivity contribution in [1.29, 1.82) is 0 Å². The third-order valence-corrected chi connectivity index (χ3v) is 4.23. The molecule has 0 radical (unpaired) electrons. The zero-order valence-corrected chi connectivity index (χ0v) is 13.1. The van der Waals surface area contributed by atoms with Crippen molar-refractivity contribution in [2.75, 3.05) is 5.32 Å². The van der Waals surface area contributed by atoms with E-state index in [0.29, 0.717) is 10.8 Å². The van der Waals surface area contributed by atoms with Gasteiger partial charge in [-0.15, -0.1) is 11.3 Å². The van der Waals surface area contributed by atoms with Crippen LogP contribution in [-0.4, -0.2) is 11.0 Å². The number of hydrogen-bond donors (Lipinski definition) is 1. The minimum absolute atomic E-state index is 0.0423. The van der Waals surface area contributed by atoms with Crippen LogP contribution in [0.4, 0.5) is 5.13 Å². The van der Waals surface area contributed by atoms with Gasteiger partial charge in [-0.1, -0.05) is 60.7 Å². The number of aliphatic carboxylic acids is 1. The first-order valence-electron chi connectivity index (χ1n) is 7.23. The van der Waals surface area contributed by atoms with E-state index >= 15 is 0 Å². The Morgan fingerprint density at radius 3 is 2.13 bits per heavy atom. The van der Waals surface area contributed by atoms with Crippen molar-refractivity contribution in [3.05, 3.63) is 82.9 Å². The van der Waals surface area contributed by atoms with Gasteiger partial charge in [0, 0.05) is 17.8 Å². The topological polar surface area (TPSA) is 65.0 Å². The fraction of sp³-hybridized carbons (Fsp3) is 0.111. The van der Waals surface area contributed by atoms with Gasteiger partial charge >= 0.3 is 0 Å². The molecule has 0 saturated carbocycles. The molecule has 2 aromatic carbocycles. The van der Waals surface area contributed by atoms with E-state index in [-0.39, 0.29) is 12.5 Å². The highest BCUT2D eigenvalue weighted by Gasteiger charge is 2.15. The number of rotatable bonds is 6. The van der Waals surface area contributed by atoms with Crippen LogP contribution in [0.25, 0.3) is 0 Å². The smallest absolute Gasteiger partial charge is 0.183 e. The van der Waals surface area contributed by atoms with Crippen molar-refractivity contribution >= 4 is 22.4 Å². The first kappa shape index (κ1) is 15.2. The lowest BCUT2D eigenvalue weighted by atomic mass is 9.99. The van der Waals surface area contributed by atoms with Gasteiger partial charge in [0.25, 0.3) is 0 Å². The summed E-state index contributed by atoms with van der Waals surface area (Å²) in [5.74, 6) is -1.12. The summed E-state index contributed by atoms with van der Waals surface area (Å²) in [6, 6.07) is 20.1. The number of carboxylic acid groups (broad SMARTS) is 1. The van der Waals surface area contributed by atoms with Crippen molar-refractivity contribution in [2.24, 2.45) is 0 Å². The lowest BCUT2D eigenvalue weighted by Crippen LogP contribution is -2.24. The number of aromatic nitrogens is 1. The van der Waals surface area contributed by atoms with Gasteiger partial charge in [0.1, 0.15) is 0 Å². The van der Waals surface area contributed by atoms with Crippen molar-refractivity contribution in [3.63, 3.8) is 0 Å². The van der Waals surface area contributed by atoms with Gasteiger partial charge in [0.2, 0.25) is 0 Å². The van der Waals surface area contributed by atoms with Crippen LogP contribution in [0.1, 0.15) is 22.9 Å². The third-order valence-electron chi connectivity index (χ3n) is 3.41. The van der Waals surface area contributed by atoms with E-state index in [1.807, 2.05) is 36.4 Å². The quantitative estimate of drug-likeness (QED) is 0.757. The normalized spacial score (nSPS) is 10.7. The Hall–Kier alpha value is -2.66. The maximum atomic E-state index is 10.7. The predicted molar refractivity (Wildman–Crippen MR) is 89.2 cm³/mol. The molecular weight excluding hydrogens is 308 g/mol. The van der Waals surface area contributed by atoms with Crippen LogP contribution < -0.4 is 10.4 Å².